The van der Waals surface area contributed by atoms with Gasteiger partial charge < -0.3 is 14.6 Å². The van der Waals surface area contributed by atoms with Crippen molar-refractivity contribution in [3.05, 3.63) is 12.2 Å². The monoisotopic (exact) mass is 637 g/mol. The fraction of sp³-hybridized carbons (Fsp3) is 0.953. The van der Waals surface area contributed by atoms with Crippen LogP contribution in [-0.4, -0.2) is 37.6 Å². The fourth-order valence-corrected chi connectivity index (χ4v) is 12.9. The molecule has 7 rings (SSSR count). The van der Waals surface area contributed by atoms with Gasteiger partial charge in [0, 0.05) is 13.2 Å². The van der Waals surface area contributed by atoms with E-state index in [0.717, 1.165) is 67.5 Å². The zero-order chi connectivity index (χ0) is 31.1. The molecule has 0 heterocycles. The zero-order valence-corrected chi connectivity index (χ0v) is 29.7. The van der Waals surface area contributed by atoms with E-state index >= 15 is 0 Å². The maximum absolute atomic E-state index is 9.72. The number of unbranched alkanes of at least 4 members (excludes halogenated alkanes) is 10. The summed E-state index contributed by atoms with van der Waals surface area (Å²) in [7, 11) is 0. The van der Waals surface area contributed by atoms with Crippen LogP contribution in [0.15, 0.2) is 12.2 Å². The van der Waals surface area contributed by atoms with Crippen LogP contribution in [-0.2, 0) is 9.47 Å². The first-order valence-electron chi connectivity index (χ1n) is 21.3. The van der Waals surface area contributed by atoms with Gasteiger partial charge >= 0.3 is 0 Å². The highest BCUT2D eigenvalue weighted by Gasteiger charge is 2.68. The second-order valence-corrected chi connectivity index (χ2v) is 17.9. The molecule has 0 spiro atoms. The first-order valence-corrected chi connectivity index (χ1v) is 21.3. The Morgan fingerprint density at radius 2 is 1.11 bits per heavy atom. The fourth-order valence-electron chi connectivity index (χ4n) is 12.9. The van der Waals surface area contributed by atoms with Gasteiger partial charge in [0.2, 0.25) is 0 Å². The lowest BCUT2D eigenvalue weighted by molar-refractivity contribution is -0.264. The summed E-state index contributed by atoms with van der Waals surface area (Å²) in [6.07, 6.45) is 39.2. The molecule has 13 atom stereocenters. The lowest BCUT2D eigenvalue weighted by atomic mass is 9.30. The summed E-state index contributed by atoms with van der Waals surface area (Å²) in [5, 5.41) is 9.72. The predicted octanol–water partition coefficient (Wildman–Crippen LogP) is 10.8. The molecule has 262 valence electrons. The molecule has 7 aliphatic carbocycles. The molecule has 0 aromatic carbocycles. The normalized spacial score (nSPS) is 40.5. The van der Waals surface area contributed by atoms with E-state index < -0.39 is 0 Å². The Hall–Kier alpha value is -0.380. The van der Waals surface area contributed by atoms with Crippen molar-refractivity contribution in [2.75, 3.05) is 26.4 Å². The topological polar surface area (TPSA) is 38.7 Å². The van der Waals surface area contributed by atoms with E-state index in [9.17, 15) is 5.11 Å². The number of aliphatic hydroxyl groups is 1. The maximum Gasteiger partial charge on any atom is 0.104 e. The third kappa shape index (κ3) is 7.83. The van der Waals surface area contributed by atoms with E-state index in [0.29, 0.717) is 6.61 Å². The van der Waals surface area contributed by atoms with Gasteiger partial charge in [-0.25, -0.2) is 0 Å². The van der Waals surface area contributed by atoms with Crippen LogP contribution in [0, 0.1) is 71.0 Å². The van der Waals surface area contributed by atoms with Gasteiger partial charge in [-0.15, -0.1) is 0 Å². The molecule has 12 unspecified atom stereocenters. The first-order chi connectivity index (χ1) is 22.8. The van der Waals surface area contributed by atoms with Gasteiger partial charge in [0.25, 0.3) is 0 Å². The first kappa shape index (κ1) is 34.1. The Morgan fingerprint density at radius 3 is 1.80 bits per heavy atom. The summed E-state index contributed by atoms with van der Waals surface area (Å²) >= 11 is 0. The Labute approximate surface area is 283 Å². The number of aliphatic hydroxyl groups excluding tert-OH is 1. The molecule has 0 radical (unpaired) electrons. The summed E-state index contributed by atoms with van der Waals surface area (Å²) in [5.41, 5.74) is 0. The lowest BCUT2D eigenvalue weighted by Crippen LogP contribution is -2.69. The van der Waals surface area contributed by atoms with Crippen molar-refractivity contribution in [3.8, 4) is 0 Å². The summed E-state index contributed by atoms with van der Waals surface area (Å²) in [6, 6.07) is 0. The second kappa shape index (κ2) is 17.0. The van der Waals surface area contributed by atoms with Gasteiger partial charge in [0.05, 0.1) is 13.2 Å². The number of hydrogen-bond donors (Lipinski definition) is 1. The van der Waals surface area contributed by atoms with Crippen LogP contribution in [0.4, 0.5) is 0 Å². The van der Waals surface area contributed by atoms with E-state index in [1.54, 1.807) is 32.1 Å². The van der Waals surface area contributed by atoms with E-state index in [2.05, 4.69) is 12.2 Å². The molecule has 0 aromatic rings. The van der Waals surface area contributed by atoms with Gasteiger partial charge in [-0.3, -0.25) is 0 Å². The van der Waals surface area contributed by atoms with Crippen molar-refractivity contribution in [1.82, 2.24) is 0 Å². The largest absolute Gasteiger partial charge is 0.394 e. The molecule has 0 bridgehead atoms. The van der Waals surface area contributed by atoms with Crippen molar-refractivity contribution in [2.45, 2.75) is 160 Å². The van der Waals surface area contributed by atoms with E-state index in [4.69, 9.17) is 9.47 Å². The Kier molecular flexibility index (Phi) is 12.6. The van der Waals surface area contributed by atoms with Crippen molar-refractivity contribution in [1.29, 1.82) is 0 Å². The van der Waals surface area contributed by atoms with Crippen LogP contribution in [0.25, 0.3) is 0 Å². The van der Waals surface area contributed by atoms with E-state index in [1.165, 1.54) is 139 Å². The molecular formula is C43H72O3. The zero-order valence-electron chi connectivity index (χ0n) is 29.7. The molecule has 46 heavy (non-hydrogen) atoms. The second-order valence-electron chi connectivity index (χ2n) is 17.9. The molecule has 0 amide bonds. The standard InChI is InChI=1S/C43H72O3/c44-29-33(30-45-25-13-7-3-1-5-9-15-31-19-21-36-34-17-11-12-18-35(34)40(36)27-31)46-26-14-8-4-2-6-10-16-32-20-22-39-41(28-32)43-38-24-23-37(38)42(39)43/h12,18,31-44H,1-11,13-17,19-30H2/t31?,32?,33-,34?,35?,36?,37?,38?,39?,40?,41?,42?,43?/m0/s1. The third-order valence-electron chi connectivity index (χ3n) is 15.5. The van der Waals surface area contributed by atoms with Crippen molar-refractivity contribution in [3.63, 3.8) is 0 Å². The summed E-state index contributed by atoms with van der Waals surface area (Å²) in [5.74, 6) is 13.4. The Bertz CT molecular complexity index is 925. The molecule has 6 fully saturated rings. The average Bonchev–Trinajstić information content (AvgIpc) is 3.07. The number of fused-ring (bicyclic) bond motifs is 11. The van der Waals surface area contributed by atoms with Gasteiger partial charge in [-0.05, 0) is 135 Å². The van der Waals surface area contributed by atoms with Crippen LogP contribution in [0.1, 0.15) is 154 Å². The molecule has 0 saturated heterocycles. The highest BCUT2D eigenvalue weighted by molar-refractivity contribution is 5.16. The van der Waals surface area contributed by atoms with Crippen LogP contribution in [0.3, 0.4) is 0 Å². The highest BCUT2D eigenvalue weighted by Crippen LogP contribution is 2.74. The van der Waals surface area contributed by atoms with Crippen molar-refractivity contribution < 1.29 is 14.6 Å². The minimum Gasteiger partial charge on any atom is -0.394 e. The SMILES string of the molecule is OC[C@@H](COCCCCCCCCC1CCC2C3CCC=CC3C2C1)OCCCCCCCCC1CCC2C(C1)C1C3CCC3C21. The Balaban J connectivity index is 0.609. The van der Waals surface area contributed by atoms with Gasteiger partial charge in [-0.1, -0.05) is 102 Å². The minimum atomic E-state index is -0.147. The Morgan fingerprint density at radius 1 is 0.543 bits per heavy atom. The molecule has 0 aromatic heterocycles. The molecule has 7 aliphatic rings. The van der Waals surface area contributed by atoms with Crippen molar-refractivity contribution >= 4 is 0 Å². The van der Waals surface area contributed by atoms with Crippen LogP contribution in [0.2, 0.25) is 0 Å². The molecule has 3 heteroatoms. The smallest absolute Gasteiger partial charge is 0.104 e. The van der Waals surface area contributed by atoms with Gasteiger partial charge in [0.1, 0.15) is 6.10 Å². The van der Waals surface area contributed by atoms with Crippen LogP contribution >= 0.6 is 0 Å². The number of ether oxygens (including phenoxy) is 2. The summed E-state index contributed by atoms with van der Waals surface area (Å²) in [6.45, 7) is 2.20. The predicted molar refractivity (Wildman–Crippen MR) is 189 cm³/mol. The molecule has 3 nitrogen and oxygen atoms in total. The maximum atomic E-state index is 9.72. The third-order valence-corrected chi connectivity index (χ3v) is 15.5. The molecular weight excluding hydrogens is 564 g/mol. The molecule has 0 aliphatic heterocycles. The summed E-state index contributed by atoms with van der Waals surface area (Å²) < 4.78 is 11.8. The van der Waals surface area contributed by atoms with Crippen LogP contribution < -0.4 is 0 Å². The van der Waals surface area contributed by atoms with E-state index in [-0.39, 0.29) is 12.7 Å². The highest BCUT2D eigenvalue weighted by atomic mass is 16.5. The lowest BCUT2D eigenvalue weighted by Gasteiger charge is -2.74. The van der Waals surface area contributed by atoms with Crippen LogP contribution in [0.5, 0.6) is 0 Å². The van der Waals surface area contributed by atoms with E-state index in [1.807, 2.05) is 0 Å². The average molecular weight is 637 g/mol. The van der Waals surface area contributed by atoms with Crippen molar-refractivity contribution in [2.24, 2.45) is 71.0 Å². The number of hydrogen-bond acceptors (Lipinski definition) is 3. The van der Waals surface area contributed by atoms with Gasteiger partial charge in [0.15, 0.2) is 0 Å². The minimum absolute atomic E-state index is 0.0751. The number of rotatable bonds is 22. The molecule has 1 N–H and O–H groups in total. The summed E-state index contributed by atoms with van der Waals surface area (Å²) in [4.78, 5) is 0. The van der Waals surface area contributed by atoms with Gasteiger partial charge in [-0.2, -0.15) is 0 Å². The number of allylic oxidation sites excluding steroid dienone is 2. The molecule has 6 saturated carbocycles. The quantitative estimate of drug-likeness (QED) is 0.0949.